The number of ether oxygens (including phenoxy) is 3. The summed E-state index contributed by atoms with van der Waals surface area (Å²) in [6.45, 7) is 5.49. The van der Waals surface area contributed by atoms with Gasteiger partial charge in [0.25, 0.3) is 0 Å². The van der Waals surface area contributed by atoms with Crippen LogP contribution < -0.4 is 4.90 Å². The molecule has 2 atom stereocenters. The number of hydrogen-bond acceptors (Lipinski definition) is 8. The zero-order valence-electron chi connectivity index (χ0n) is 21.7. The van der Waals surface area contributed by atoms with Gasteiger partial charge < -0.3 is 14.2 Å². The van der Waals surface area contributed by atoms with Crippen molar-refractivity contribution in [3.8, 4) is 6.07 Å². The minimum Gasteiger partial charge on any atom is -0.378 e. The first-order chi connectivity index (χ1) is 18.0. The topological polar surface area (TPSA) is 87.9 Å². The molecule has 3 heterocycles. The second-order valence-electron chi connectivity index (χ2n) is 10.5. The summed E-state index contributed by atoms with van der Waals surface area (Å²) >= 11 is 4.68. The Morgan fingerprint density at radius 3 is 2.53 bits per heavy atom. The molecular formula is C26H35F3N4O4S. The van der Waals surface area contributed by atoms with Crippen LogP contribution in [-0.2, 0) is 25.2 Å². The van der Waals surface area contributed by atoms with Crippen molar-refractivity contribution in [2.45, 2.75) is 101 Å². The van der Waals surface area contributed by atoms with Crippen LogP contribution in [0.1, 0.15) is 76.5 Å². The van der Waals surface area contributed by atoms with E-state index in [2.05, 4.69) is 17.6 Å². The lowest BCUT2D eigenvalue weighted by molar-refractivity contribution is -0.164. The van der Waals surface area contributed by atoms with Gasteiger partial charge in [0, 0.05) is 19.3 Å². The van der Waals surface area contributed by atoms with Crippen molar-refractivity contribution in [3.05, 3.63) is 23.5 Å². The van der Waals surface area contributed by atoms with Crippen LogP contribution in [0.2, 0.25) is 0 Å². The van der Waals surface area contributed by atoms with Crippen molar-refractivity contribution in [3.63, 3.8) is 0 Å². The molecule has 2 aliphatic heterocycles. The third kappa shape index (κ3) is 6.28. The molecule has 38 heavy (non-hydrogen) atoms. The molecule has 210 valence electrons. The predicted octanol–water partition coefficient (Wildman–Crippen LogP) is 4.87. The van der Waals surface area contributed by atoms with E-state index in [9.17, 15) is 18.0 Å². The molecule has 2 saturated heterocycles. The minimum absolute atomic E-state index is 0.0153. The molecule has 3 fully saturated rings. The van der Waals surface area contributed by atoms with Gasteiger partial charge in [0.1, 0.15) is 11.6 Å². The van der Waals surface area contributed by atoms with Crippen LogP contribution in [0.5, 0.6) is 0 Å². The van der Waals surface area contributed by atoms with E-state index in [-0.39, 0.29) is 30.0 Å². The van der Waals surface area contributed by atoms with Gasteiger partial charge in [0.05, 0.1) is 35.7 Å². The molecule has 2 unspecified atom stereocenters. The quantitative estimate of drug-likeness (QED) is 0.361. The Morgan fingerprint density at radius 1 is 1.18 bits per heavy atom. The lowest BCUT2D eigenvalue weighted by atomic mass is 9.89. The highest BCUT2D eigenvalue weighted by molar-refractivity contribution is 7.81. The van der Waals surface area contributed by atoms with Gasteiger partial charge in [0.2, 0.25) is 5.91 Å². The van der Waals surface area contributed by atoms with Crippen molar-refractivity contribution in [2.24, 2.45) is 0 Å². The molecule has 1 saturated carbocycles. The number of hydrogen-bond donors (Lipinski definition) is 1. The largest absolute Gasteiger partial charge is 0.419 e. The molecule has 0 N–H and O–H groups in total. The molecule has 8 nitrogen and oxygen atoms in total. The van der Waals surface area contributed by atoms with Crippen molar-refractivity contribution in [2.75, 3.05) is 24.7 Å². The SMILES string of the molecule is CC1(C)C(=O)N(c2cnc(C#N)c(C(F)(F)F)c2)C(S)N1C1CCC(OCCCOC2CCCCO2)CC1. The number of thiol groups is 1. The van der Waals surface area contributed by atoms with Gasteiger partial charge >= 0.3 is 6.18 Å². The van der Waals surface area contributed by atoms with Crippen LogP contribution in [0.15, 0.2) is 12.3 Å². The molecule has 1 amide bonds. The van der Waals surface area contributed by atoms with E-state index in [0.29, 0.717) is 13.2 Å². The van der Waals surface area contributed by atoms with Crippen LogP contribution in [-0.4, -0.2) is 65.1 Å². The molecule has 1 aliphatic carbocycles. The molecule has 1 aromatic rings. The third-order valence-electron chi connectivity index (χ3n) is 7.55. The number of pyridine rings is 1. The van der Waals surface area contributed by atoms with E-state index in [1.165, 1.54) is 11.0 Å². The minimum atomic E-state index is -4.77. The maximum Gasteiger partial charge on any atom is 0.419 e. The molecule has 0 spiro atoms. The fourth-order valence-corrected chi connectivity index (χ4v) is 6.28. The first-order valence-electron chi connectivity index (χ1n) is 13.2. The Kier molecular flexibility index (Phi) is 9.25. The smallest absolute Gasteiger partial charge is 0.378 e. The molecule has 1 aromatic heterocycles. The fourth-order valence-electron chi connectivity index (χ4n) is 5.57. The van der Waals surface area contributed by atoms with E-state index in [1.54, 1.807) is 13.8 Å². The Bertz CT molecular complexity index is 1020. The van der Waals surface area contributed by atoms with Gasteiger partial charge in [-0.1, -0.05) is 0 Å². The van der Waals surface area contributed by atoms with Crippen molar-refractivity contribution >= 4 is 24.2 Å². The standard InChI is InChI=1S/C26H35F3N4O4S/c1-25(2)23(34)32(18-14-20(26(27,28)29)21(15-30)31-16-18)24(38)33(25)17-7-9-19(10-8-17)35-12-5-13-37-22-6-3-4-11-36-22/h14,16-17,19,22,24,38H,3-13H2,1-2H3. The number of nitriles is 1. The summed E-state index contributed by atoms with van der Waals surface area (Å²) < 4.78 is 57.9. The predicted molar refractivity (Wildman–Crippen MR) is 136 cm³/mol. The van der Waals surface area contributed by atoms with Crippen molar-refractivity contribution in [1.29, 1.82) is 5.26 Å². The highest BCUT2D eigenvalue weighted by Crippen LogP contribution is 2.42. The van der Waals surface area contributed by atoms with Gasteiger partial charge in [-0.05, 0) is 71.3 Å². The van der Waals surface area contributed by atoms with Crippen LogP contribution in [0.4, 0.5) is 18.9 Å². The number of anilines is 1. The zero-order valence-corrected chi connectivity index (χ0v) is 22.6. The third-order valence-corrected chi connectivity index (χ3v) is 8.03. The summed E-state index contributed by atoms with van der Waals surface area (Å²) in [5.74, 6) is -0.363. The molecule has 4 rings (SSSR count). The molecule has 0 radical (unpaired) electrons. The summed E-state index contributed by atoms with van der Waals surface area (Å²) in [7, 11) is 0. The summed E-state index contributed by atoms with van der Waals surface area (Å²) in [6.07, 6.45) is 3.51. The lowest BCUT2D eigenvalue weighted by Crippen LogP contribution is -2.52. The maximum atomic E-state index is 13.5. The maximum absolute atomic E-state index is 13.5. The molecule has 0 aromatic carbocycles. The van der Waals surface area contributed by atoms with E-state index < -0.39 is 28.5 Å². The average Bonchev–Trinajstić information content (AvgIpc) is 3.07. The molecule has 0 bridgehead atoms. The number of carbonyl (C=O) groups is 1. The normalized spacial score (nSPS) is 28.4. The average molecular weight is 557 g/mol. The highest BCUT2D eigenvalue weighted by atomic mass is 32.1. The van der Waals surface area contributed by atoms with Gasteiger partial charge in [-0.2, -0.15) is 18.4 Å². The van der Waals surface area contributed by atoms with Crippen molar-refractivity contribution in [1.82, 2.24) is 9.88 Å². The van der Waals surface area contributed by atoms with Crippen LogP contribution in [0, 0.1) is 11.3 Å². The monoisotopic (exact) mass is 556 g/mol. The Hall–Kier alpha value is -1.91. The Balaban J connectivity index is 1.33. The first kappa shape index (κ1) is 29.1. The number of halogens is 3. The number of amides is 1. The van der Waals surface area contributed by atoms with Crippen LogP contribution in [0.25, 0.3) is 0 Å². The van der Waals surface area contributed by atoms with Crippen LogP contribution >= 0.6 is 12.6 Å². The van der Waals surface area contributed by atoms with E-state index >= 15 is 0 Å². The number of nitrogens with zero attached hydrogens (tertiary/aromatic N) is 4. The summed E-state index contributed by atoms with van der Waals surface area (Å²) in [6, 6.07) is 2.29. The van der Waals surface area contributed by atoms with E-state index in [4.69, 9.17) is 19.5 Å². The van der Waals surface area contributed by atoms with Gasteiger partial charge in [-0.3, -0.25) is 14.6 Å². The lowest BCUT2D eigenvalue weighted by Gasteiger charge is -2.41. The van der Waals surface area contributed by atoms with Gasteiger partial charge in [-0.15, -0.1) is 12.6 Å². The van der Waals surface area contributed by atoms with Crippen LogP contribution in [0.3, 0.4) is 0 Å². The highest BCUT2D eigenvalue weighted by Gasteiger charge is 2.54. The number of rotatable bonds is 8. The Morgan fingerprint density at radius 2 is 1.89 bits per heavy atom. The first-order valence-corrected chi connectivity index (χ1v) is 13.7. The summed E-state index contributed by atoms with van der Waals surface area (Å²) in [4.78, 5) is 20.3. The number of carbonyl (C=O) groups excluding carboxylic acids is 1. The molecular weight excluding hydrogens is 521 g/mol. The number of alkyl halides is 3. The Labute approximate surface area is 226 Å². The molecule has 12 heteroatoms. The van der Waals surface area contributed by atoms with Crippen molar-refractivity contribution < 1.29 is 32.2 Å². The summed E-state index contributed by atoms with van der Waals surface area (Å²) in [5.41, 5.74) is -3.68. The van der Waals surface area contributed by atoms with Gasteiger partial charge in [0.15, 0.2) is 12.0 Å². The second-order valence-corrected chi connectivity index (χ2v) is 11.0. The summed E-state index contributed by atoms with van der Waals surface area (Å²) in [5, 5.41) is 9.06. The number of aromatic nitrogens is 1. The molecule has 3 aliphatic rings. The van der Waals surface area contributed by atoms with Gasteiger partial charge in [-0.25, -0.2) is 4.98 Å². The van der Waals surface area contributed by atoms with E-state index in [1.807, 2.05) is 4.90 Å². The zero-order chi connectivity index (χ0) is 27.5. The van der Waals surface area contributed by atoms with E-state index in [0.717, 1.165) is 70.2 Å². The fraction of sp³-hybridized carbons (Fsp3) is 0.731. The second kappa shape index (κ2) is 12.1.